The van der Waals surface area contributed by atoms with Gasteiger partial charge in [-0.05, 0) is 26.3 Å². The normalized spacial score (nSPS) is 20.4. The second-order valence-electron chi connectivity index (χ2n) is 4.06. The second kappa shape index (κ2) is 5.03. The highest BCUT2D eigenvalue weighted by atomic mass is 16.1. The van der Waals surface area contributed by atoms with E-state index < -0.39 is 0 Å². The molecular weight excluding hydrogens is 204 g/mol. The van der Waals surface area contributed by atoms with E-state index in [1.54, 1.807) is 6.20 Å². The molecule has 1 fully saturated rings. The first kappa shape index (κ1) is 11.0. The molecule has 0 saturated carbocycles. The Bertz CT molecular complexity index is 357. The van der Waals surface area contributed by atoms with Gasteiger partial charge < -0.3 is 10.6 Å². The van der Waals surface area contributed by atoms with Crippen LogP contribution in [0, 0.1) is 6.92 Å². The lowest BCUT2D eigenvalue weighted by Crippen LogP contribution is -2.45. The summed E-state index contributed by atoms with van der Waals surface area (Å²) >= 11 is 0. The molecule has 86 valence electrons. The summed E-state index contributed by atoms with van der Waals surface area (Å²) in [4.78, 5) is 19.9. The summed E-state index contributed by atoms with van der Waals surface area (Å²) in [7, 11) is 0. The van der Waals surface area contributed by atoms with E-state index in [2.05, 4.69) is 20.6 Å². The Morgan fingerprint density at radius 1 is 1.50 bits per heavy atom. The standard InChI is InChI=1S/C11H16N4O/c1-8-5-14-10(7-13-8)11(16)15-9-3-2-4-12-6-9/h5,7,9,12H,2-4,6H2,1H3,(H,15,16)/t9-/m0/s1. The van der Waals surface area contributed by atoms with E-state index >= 15 is 0 Å². The van der Waals surface area contributed by atoms with E-state index in [1.807, 2.05) is 6.92 Å². The molecule has 1 atom stereocenters. The highest BCUT2D eigenvalue weighted by molar-refractivity contribution is 5.92. The number of piperidine rings is 1. The minimum absolute atomic E-state index is 0.138. The number of nitrogens with one attached hydrogen (secondary N) is 2. The fourth-order valence-electron chi connectivity index (χ4n) is 1.74. The van der Waals surface area contributed by atoms with Crippen molar-refractivity contribution in [2.45, 2.75) is 25.8 Å². The molecule has 1 aromatic rings. The van der Waals surface area contributed by atoms with Crippen LogP contribution >= 0.6 is 0 Å². The van der Waals surface area contributed by atoms with Crippen LogP contribution in [0.4, 0.5) is 0 Å². The Hall–Kier alpha value is -1.49. The number of aromatic nitrogens is 2. The van der Waals surface area contributed by atoms with Crippen LogP contribution in [0.2, 0.25) is 0 Å². The molecular formula is C11H16N4O. The number of carbonyl (C=O) groups excluding carboxylic acids is 1. The van der Waals surface area contributed by atoms with Gasteiger partial charge in [-0.25, -0.2) is 4.98 Å². The van der Waals surface area contributed by atoms with Crippen molar-refractivity contribution >= 4 is 5.91 Å². The largest absolute Gasteiger partial charge is 0.347 e. The summed E-state index contributed by atoms with van der Waals surface area (Å²) in [5.74, 6) is -0.138. The first-order valence-corrected chi connectivity index (χ1v) is 5.56. The van der Waals surface area contributed by atoms with Crippen LogP contribution in [0.1, 0.15) is 29.0 Å². The zero-order chi connectivity index (χ0) is 11.4. The molecule has 2 heterocycles. The second-order valence-corrected chi connectivity index (χ2v) is 4.06. The Morgan fingerprint density at radius 3 is 3.00 bits per heavy atom. The summed E-state index contributed by atoms with van der Waals surface area (Å²) in [6.45, 7) is 3.72. The predicted molar refractivity (Wildman–Crippen MR) is 60.1 cm³/mol. The van der Waals surface area contributed by atoms with Gasteiger partial charge in [-0.15, -0.1) is 0 Å². The number of rotatable bonds is 2. The maximum Gasteiger partial charge on any atom is 0.271 e. The van der Waals surface area contributed by atoms with Crippen LogP contribution in [0.5, 0.6) is 0 Å². The number of amides is 1. The maximum atomic E-state index is 11.8. The van der Waals surface area contributed by atoms with Crippen LogP contribution in [-0.4, -0.2) is 35.0 Å². The summed E-state index contributed by atoms with van der Waals surface area (Å²) in [5, 5.41) is 6.20. The van der Waals surface area contributed by atoms with Crippen molar-refractivity contribution in [1.29, 1.82) is 0 Å². The zero-order valence-electron chi connectivity index (χ0n) is 9.36. The van der Waals surface area contributed by atoms with Crippen molar-refractivity contribution in [1.82, 2.24) is 20.6 Å². The zero-order valence-corrected chi connectivity index (χ0v) is 9.36. The number of hydrogen-bond donors (Lipinski definition) is 2. The number of carbonyl (C=O) groups is 1. The van der Waals surface area contributed by atoms with E-state index in [0.29, 0.717) is 5.69 Å². The summed E-state index contributed by atoms with van der Waals surface area (Å²) in [6, 6.07) is 0.212. The average Bonchev–Trinajstić information content (AvgIpc) is 2.31. The lowest BCUT2D eigenvalue weighted by atomic mass is 10.1. The molecule has 0 aromatic carbocycles. The van der Waals surface area contributed by atoms with Gasteiger partial charge in [0.05, 0.1) is 11.9 Å². The lowest BCUT2D eigenvalue weighted by Gasteiger charge is -2.23. The molecule has 0 bridgehead atoms. The Labute approximate surface area is 94.7 Å². The van der Waals surface area contributed by atoms with Crippen LogP contribution in [0.25, 0.3) is 0 Å². The first-order chi connectivity index (χ1) is 7.75. The molecule has 0 aliphatic carbocycles. The first-order valence-electron chi connectivity index (χ1n) is 5.56. The number of aryl methyl sites for hydroxylation is 1. The van der Waals surface area contributed by atoms with Crippen molar-refractivity contribution in [2.75, 3.05) is 13.1 Å². The maximum absolute atomic E-state index is 11.8. The number of hydrogen-bond acceptors (Lipinski definition) is 4. The highest BCUT2D eigenvalue weighted by Gasteiger charge is 2.16. The van der Waals surface area contributed by atoms with Gasteiger partial charge in [0.25, 0.3) is 5.91 Å². The van der Waals surface area contributed by atoms with E-state index in [1.165, 1.54) is 6.20 Å². The van der Waals surface area contributed by atoms with Crippen molar-refractivity contribution in [3.8, 4) is 0 Å². The molecule has 1 aromatic heterocycles. The van der Waals surface area contributed by atoms with Crippen molar-refractivity contribution in [2.24, 2.45) is 0 Å². The molecule has 0 spiro atoms. The minimum Gasteiger partial charge on any atom is -0.347 e. The third kappa shape index (κ3) is 2.76. The van der Waals surface area contributed by atoms with E-state index in [4.69, 9.17) is 0 Å². The fourth-order valence-corrected chi connectivity index (χ4v) is 1.74. The average molecular weight is 220 g/mol. The SMILES string of the molecule is Cc1cnc(C(=O)N[C@H]2CCCNC2)cn1. The van der Waals surface area contributed by atoms with Gasteiger partial charge in [0.15, 0.2) is 0 Å². The van der Waals surface area contributed by atoms with Crippen LogP contribution in [0.15, 0.2) is 12.4 Å². The van der Waals surface area contributed by atoms with E-state index in [0.717, 1.165) is 31.6 Å². The van der Waals surface area contributed by atoms with Crippen LogP contribution < -0.4 is 10.6 Å². The Morgan fingerprint density at radius 2 is 2.38 bits per heavy atom. The fraction of sp³-hybridized carbons (Fsp3) is 0.545. The van der Waals surface area contributed by atoms with Gasteiger partial charge >= 0.3 is 0 Å². The summed E-state index contributed by atoms with van der Waals surface area (Å²) in [5.41, 5.74) is 1.20. The quantitative estimate of drug-likeness (QED) is 0.750. The van der Waals surface area contributed by atoms with Gasteiger partial charge in [0, 0.05) is 18.8 Å². The highest BCUT2D eigenvalue weighted by Crippen LogP contribution is 2.02. The van der Waals surface area contributed by atoms with Crippen molar-refractivity contribution in [3.05, 3.63) is 23.8 Å². The van der Waals surface area contributed by atoms with Gasteiger partial charge in [-0.1, -0.05) is 0 Å². The molecule has 1 saturated heterocycles. The third-order valence-electron chi connectivity index (χ3n) is 2.65. The lowest BCUT2D eigenvalue weighted by molar-refractivity contribution is 0.0925. The molecule has 0 radical (unpaired) electrons. The summed E-state index contributed by atoms with van der Waals surface area (Å²) < 4.78 is 0. The van der Waals surface area contributed by atoms with Gasteiger partial charge in [0.1, 0.15) is 5.69 Å². The smallest absolute Gasteiger partial charge is 0.271 e. The van der Waals surface area contributed by atoms with Crippen LogP contribution in [0.3, 0.4) is 0 Å². The monoisotopic (exact) mass is 220 g/mol. The van der Waals surface area contributed by atoms with E-state index in [-0.39, 0.29) is 11.9 Å². The predicted octanol–water partition coefficient (Wildman–Crippen LogP) is 0.267. The molecule has 5 nitrogen and oxygen atoms in total. The Balaban J connectivity index is 1.94. The van der Waals surface area contributed by atoms with Crippen molar-refractivity contribution < 1.29 is 4.79 Å². The minimum atomic E-state index is -0.138. The molecule has 1 aliphatic heterocycles. The molecule has 0 unspecified atom stereocenters. The van der Waals surface area contributed by atoms with Crippen molar-refractivity contribution in [3.63, 3.8) is 0 Å². The number of nitrogens with zero attached hydrogens (tertiary/aromatic N) is 2. The van der Waals surface area contributed by atoms with E-state index in [9.17, 15) is 4.79 Å². The molecule has 1 aliphatic rings. The topological polar surface area (TPSA) is 66.9 Å². The third-order valence-corrected chi connectivity index (χ3v) is 2.65. The van der Waals surface area contributed by atoms with Crippen LogP contribution in [-0.2, 0) is 0 Å². The molecule has 1 amide bonds. The van der Waals surface area contributed by atoms with Gasteiger partial charge in [-0.2, -0.15) is 0 Å². The molecule has 2 N–H and O–H groups in total. The summed E-state index contributed by atoms with van der Waals surface area (Å²) in [6.07, 6.45) is 5.25. The Kier molecular flexibility index (Phi) is 3.46. The molecule has 5 heteroatoms. The van der Waals surface area contributed by atoms with Gasteiger partial charge in [-0.3, -0.25) is 9.78 Å². The van der Waals surface area contributed by atoms with Gasteiger partial charge in [0.2, 0.25) is 0 Å². The molecule has 2 rings (SSSR count). The molecule has 16 heavy (non-hydrogen) atoms.